The van der Waals surface area contributed by atoms with Crippen LogP contribution in [-0.4, -0.2) is 29.8 Å². The number of nitrogens with one attached hydrogen (secondary N) is 1. The zero-order chi connectivity index (χ0) is 15.2. The number of hydrogen-bond acceptors (Lipinski definition) is 3. The Bertz CT molecular complexity index is 467. The Balaban J connectivity index is 1.98. The third-order valence-corrected chi connectivity index (χ3v) is 5.14. The van der Waals surface area contributed by atoms with E-state index < -0.39 is 0 Å². The Labute approximate surface area is 130 Å². The molecule has 1 aromatic heterocycles. The van der Waals surface area contributed by atoms with Crippen LogP contribution >= 0.6 is 11.3 Å². The molecule has 2 amide bonds. The molecule has 1 saturated carbocycles. The van der Waals surface area contributed by atoms with Crippen molar-refractivity contribution in [3.05, 3.63) is 22.4 Å². The average molecular weight is 308 g/mol. The number of thiophene rings is 1. The van der Waals surface area contributed by atoms with E-state index in [-0.39, 0.29) is 17.9 Å². The molecule has 1 N–H and O–H groups in total. The maximum atomic E-state index is 12.5. The lowest BCUT2D eigenvalue weighted by Gasteiger charge is -2.32. The number of rotatable bonds is 5. The highest BCUT2D eigenvalue weighted by Crippen LogP contribution is 2.26. The molecule has 1 heterocycles. The van der Waals surface area contributed by atoms with Crippen molar-refractivity contribution in [2.45, 2.75) is 57.5 Å². The Hall–Kier alpha value is -1.36. The number of carbonyl (C=O) groups excluding carboxylic acids is 2. The van der Waals surface area contributed by atoms with Gasteiger partial charge in [0.25, 0.3) is 0 Å². The van der Waals surface area contributed by atoms with Crippen LogP contribution in [0.2, 0.25) is 0 Å². The number of carbonyl (C=O) groups is 2. The average Bonchev–Trinajstić information content (AvgIpc) is 3.00. The van der Waals surface area contributed by atoms with E-state index in [0.29, 0.717) is 12.5 Å². The summed E-state index contributed by atoms with van der Waals surface area (Å²) < 4.78 is 0. The van der Waals surface area contributed by atoms with Crippen LogP contribution in [-0.2, 0) is 9.59 Å². The molecule has 0 aliphatic heterocycles. The lowest BCUT2D eigenvalue weighted by atomic mass is 9.94. The van der Waals surface area contributed by atoms with E-state index in [1.54, 1.807) is 11.3 Å². The predicted octanol–water partition coefficient (Wildman–Crippen LogP) is 3.11. The largest absolute Gasteiger partial charge is 0.348 e. The standard InChI is InChI=1S/C16H24N2O2S/c1-12(19)17-14(15-9-6-10-21-15)11-16(20)18(2)13-7-4-3-5-8-13/h6,9-10,13-14H,3-5,7-8,11H2,1-2H3,(H,17,19)/t14-/m0/s1. The molecule has 116 valence electrons. The van der Waals surface area contributed by atoms with E-state index in [0.717, 1.165) is 17.7 Å². The van der Waals surface area contributed by atoms with Gasteiger partial charge in [-0.15, -0.1) is 11.3 Å². The van der Waals surface area contributed by atoms with Gasteiger partial charge in [0, 0.05) is 24.9 Å². The first-order valence-corrected chi connectivity index (χ1v) is 8.52. The first-order chi connectivity index (χ1) is 10.1. The molecule has 4 nitrogen and oxygen atoms in total. The molecule has 0 bridgehead atoms. The fraction of sp³-hybridized carbons (Fsp3) is 0.625. The second-order valence-electron chi connectivity index (χ2n) is 5.77. The van der Waals surface area contributed by atoms with Crippen LogP contribution in [0, 0.1) is 0 Å². The van der Waals surface area contributed by atoms with Crippen molar-refractivity contribution in [2.24, 2.45) is 0 Å². The minimum absolute atomic E-state index is 0.0958. The van der Waals surface area contributed by atoms with Gasteiger partial charge in [-0.1, -0.05) is 25.3 Å². The van der Waals surface area contributed by atoms with Gasteiger partial charge in [0.05, 0.1) is 12.5 Å². The van der Waals surface area contributed by atoms with Crippen molar-refractivity contribution in [1.29, 1.82) is 0 Å². The first kappa shape index (κ1) is 16.0. The highest BCUT2D eigenvalue weighted by molar-refractivity contribution is 7.10. The van der Waals surface area contributed by atoms with Gasteiger partial charge in [0.1, 0.15) is 0 Å². The minimum atomic E-state index is -0.207. The summed E-state index contributed by atoms with van der Waals surface area (Å²) in [4.78, 5) is 26.8. The summed E-state index contributed by atoms with van der Waals surface area (Å²) in [5.74, 6) is 0.0237. The molecule has 5 heteroatoms. The summed E-state index contributed by atoms with van der Waals surface area (Å²) in [5.41, 5.74) is 0. The van der Waals surface area contributed by atoms with Gasteiger partial charge in [0.2, 0.25) is 11.8 Å². The van der Waals surface area contributed by atoms with E-state index >= 15 is 0 Å². The summed E-state index contributed by atoms with van der Waals surface area (Å²) in [7, 11) is 1.90. The Morgan fingerprint density at radius 2 is 2.10 bits per heavy atom. The molecule has 1 aliphatic rings. The van der Waals surface area contributed by atoms with Crippen molar-refractivity contribution >= 4 is 23.2 Å². The van der Waals surface area contributed by atoms with E-state index in [1.165, 1.54) is 26.2 Å². The molecule has 1 atom stereocenters. The summed E-state index contributed by atoms with van der Waals surface area (Å²) in [6.45, 7) is 1.50. The molecule has 1 aromatic rings. The SMILES string of the molecule is CC(=O)N[C@@H](CC(=O)N(C)C1CCCCC1)c1cccs1. The Morgan fingerprint density at radius 1 is 1.38 bits per heavy atom. The van der Waals surface area contributed by atoms with Gasteiger partial charge >= 0.3 is 0 Å². The van der Waals surface area contributed by atoms with Crippen molar-refractivity contribution in [1.82, 2.24) is 10.2 Å². The van der Waals surface area contributed by atoms with Crippen LogP contribution in [0.3, 0.4) is 0 Å². The van der Waals surface area contributed by atoms with Crippen LogP contribution in [0.1, 0.15) is 56.4 Å². The second kappa shape index (κ2) is 7.59. The fourth-order valence-corrected chi connectivity index (χ4v) is 3.73. The highest BCUT2D eigenvalue weighted by atomic mass is 32.1. The van der Waals surface area contributed by atoms with E-state index in [9.17, 15) is 9.59 Å². The van der Waals surface area contributed by atoms with Gasteiger partial charge in [-0.05, 0) is 24.3 Å². The van der Waals surface area contributed by atoms with Crippen LogP contribution in [0.4, 0.5) is 0 Å². The Morgan fingerprint density at radius 3 is 2.67 bits per heavy atom. The number of amides is 2. The summed E-state index contributed by atoms with van der Waals surface area (Å²) in [5, 5.41) is 4.87. The monoisotopic (exact) mass is 308 g/mol. The van der Waals surface area contributed by atoms with Crippen LogP contribution in [0.25, 0.3) is 0 Å². The number of hydrogen-bond donors (Lipinski definition) is 1. The fourth-order valence-electron chi connectivity index (χ4n) is 2.95. The smallest absolute Gasteiger partial charge is 0.225 e. The molecule has 21 heavy (non-hydrogen) atoms. The summed E-state index contributed by atoms with van der Waals surface area (Å²) in [6.07, 6.45) is 6.25. The highest BCUT2D eigenvalue weighted by Gasteiger charge is 2.25. The summed E-state index contributed by atoms with van der Waals surface area (Å²) >= 11 is 1.58. The van der Waals surface area contributed by atoms with Crippen molar-refractivity contribution in [2.75, 3.05) is 7.05 Å². The molecule has 0 radical (unpaired) electrons. The van der Waals surface area contributed by atoms with E-state index in [1.807, 2.05) is 29.5 Å². The topological polar surface area (TPSA) is 49.4 Å². The van der Waals surface area contributed by atoms with Crippen LogP contribution in [0.5, 0.6) is 0 Å². The third kappa shape index (κ3) is 4.56. The maximum absolute atomic E-state index is 12.5. The molecule has 2 rings (SSSR count). The van der Waals surface area contributed by atoms with Gasteiger partial charge in [-0.2, -0.15) is 0 Å². The number of nitrogens with zero attached hydrogens (tertiary/aromatic N) is 1. The zero-order valence-electron chi connectivity index (χ0n) is 12.8. The molecule has 0 unspecified atom stereocenters. The predicted molar refractivity (Wildman–Crippen MR) is 85.1 cm³/mol. The van der Waals surface area contributed by atoms with Crippen molar-refractivity contribution in [3.8, 4) is 0 Å². The zero-order valence-corrected chi connectivity index (χ0v) is 13.6. The van der Waals surface area contributed by atoms with Crippen LogP contribution < -0.4 is 5.32 Å². The van der Waals surface area contributed by atoms with Crippen molar-refractivity contribution in [3.63, 3.8) is 0 Å². The van der Waals surface area contributed by atoms with Crippen molar-refractivity contribution < 1.29 is 9.59 Å². The summed E-state index contributed by atoms with van der Waals surface area (Å²) in [6, 6.07) is 4.08. The molecular formula is C16H24N2O2S. The Kier molecular flexibility index (Phi) is 5.79. The van der Waals surface area contributed by atoms with Gasteiger partial charge < -0.3 is 10.2 Å². The molecule has 1 fully saturated rings. The second-order valence-corrected chi connectivity index (χ2v) is 6.75. The molecule has 1 aliphatic carbocycles. The maximum Gasteiger partial charge on any atom is 0.225 e. The van der Waals surface area contributed by atoms with Gasteiger partial charge in [0.15, 0.2) is 0 Å². The quantitative estimate of drug-likeness (QED) is 0.908. The molecule has 0 spiro atoms. The normalized spacial score (nSPS) is 17.2. The van der Waals surface area contributed by atoms with E-state index in [2.05, 4.69) is 5.32 Å². The first-order valence-electron chi connectivity index (χ1n) is 7.64. The lowest BCUT2D eigenvalue weighted by molar-refractivity contribution is -0.133. The molecule has 0 saturated heterocycles. The minimum Gasteiger partial charge on any atom is -0.348 e. The van der Waals surface area contributed by atoms with Crippen LogP contribution in [0.15, 0.2) is 17.5 Å². The van der Waals surface area contributed by atoms with E-state index in [4.69, 9.17) is 0 Å². The van der Waals surface area contributed by atoms with Gasteiger partial charge in [-0.25, -0.2) is 0 Å². The third-order valence-electron chi connectivity index (χ3n) is 4.16. The van der Waals surface area contributed by atoms with Gasteiger partial charge in [-0.3, -0.25) is 9.59 Å². The molecular weight excluding hydrogens is 284 g/mol. The lowest BCUT2D eigenvalue weighted by Crippen LogP contribution is -2.40. The molecule has 0 aromatic carbocycles.